The number of halogens is 3. The number of benzene rings is 1. The van der Waals surface area contributed by atoms with E-state index in [2.05, 4.69) is 32.1 Å². The molecule has 2 aliphatic heterocycles. The Morgan fingerprint density at radius 3 is 2.64 bits per heavy atom. The Labute approximate surface area is 189 Å². The lowest BCUT2D eigenvalue weighted by atomic mass is 9.97. The number of alkyl halides is 3. The number of aryl methyl sites for hydroxylation is 2. The minimum absolute atomic E-state index is 0.0405. The van der Waals surface area contributed by atoms with Crippen LogP contribution in [-0.2, 0) is 19.6 Å². The molecule has 2 fully saturated rings. The van der Waals surface area contributed by atoms with E-state index in [1.165, 1.54) is 4.68 Å². The van der Waals surface area contributed by atoms with Crippen LogP contribution in [0.25, 0.3) is 22.3 Å². The average molecular weight is 455 g/mol. The minimum Gasteiger partial charge on any atom is -0.301 e. The zero-order valence-corrected chi connectivity index (χ0v) is 18.5. The van der Waals surface area contributed by atoms with Gasteiger partial charge in [-0.05, 0) is 50.6 Å². The molecule has 0 spiro atoms. The van der Waals surface area contributed by atoms with Gasteiger partial charge in [-0.1, -0.05) is 17.3 Å². The van der Waals surface area contributed by atoms with E-state index in [1.807, 2.05) is 6.07 Å². The van der Waals surface area contributed by atoms with Crippen molar-refractivity contribution in [3.05, 3.63) is 41.1 Å². The van der Waals surface area contributed by atoms with Crippen LogP contribution in [-0.4, -0.2) is 68.5 Å². The maximum Gasteiger partial charge on any atom is 0.416 e. The van der Waals surface area contributed by atoms with Gasteiger partial charge >= 0.3 is 6.18 Å². The van der Waals surface area contributed by atoms with Crippen molar-refractivity contribution in [1.82, 2.24) is 29.8 Å². The van der Waals surface area contributed by atoms with E-state index in [1.54, 1.807) is 25.2 Å². The number of nitriles is 1. The second kappa shape index (κ2) is 8.08. The Balaban J connectivity index is 1.39. The second-order valence-electron chi connectivity index (χ2n) is 9.00. The Hall–Kier alpha value is -3.03. The molecule has 172 valence electrons. The molecule has 10 heteroatoms. The second-order valence-corrected chi connectivity index (χ2v) is 9.00. The van der Waals surface area contributed by atoms with Crippen LogP contribution in [0.2, 0.25) is 0 Å². The maximum atomic E-state index is 13.9. The van der Waals surface area contributed by atoms with Crippen molar-refractivity contribution in [3.63, 3.8) is 0 Å². The summed E-state index contributed by atoms with van der Waals surface area (Å²) >= 11 is 0. The van der Waals surface area contributed by atoms with Gasteiger partial charge in [-0.3, -0.25) is 4.90 Å². The fraction of sp³-hybridized carbons (Fsp3) is 0.478. The summed E-state index contributed by atoms with van der Waals surface area (Å²) in [6.45, 7) is 2.86. The molecule has 0 radical (unpaired) electrons. The predicted octanol–water partition coefficient (Wildman–Crippen LogP) is 3.24. The first-order chi connectivity index (χ1) is 15.7. The molecule has 2 aromatic heterocycles. The summed E-state index contributed by atoms with van der Waals surface area (Å²) in [4.78, 5) is 9.02. The smallest absolute Gasteiger partial charge is 0.301 e. The molecule has 33 heavy (non-hydrogen) atoms. The maximum absolute atomic E-state index is 13.9. The van der Waals surface area contributed by atoms with Gasteiger partial charge < -0.3 is 4.90 Å². The highest BCUT2D eigenvalue weighted by Crippen LogP contribution is 2.36. The topological polar surface area (TPSA) is 73.9 Å². The van der Waals surface area contributed by atoms with E-state index in [4.69, 9.17) is 0 Å². The first-order valence-electron chi connectivity index (χ1n) is 11.0. The van der Waals surface area contributed by atoms with E-state index in [0.717, 1.165) is 32.1 Å². The Bertz CT molecular complexity index is 1240. The van der Waals surface area contributed by atoms with Crippen LogP contribution in [0.5, 0.6) is 0 Å². The molecule has 3 aromatic rings. The van der Waals surface area contributed by atoms with E-state index in [0.29, 0.717) is 47.2 Å². The molecule has 0 N–H and O–H groups in total. The molecule has 0 unspecified atom stereocenters. The first-order valence-corrected chi connectivity index (χ1v) is 11.0. The molecule has 2 saturated heterocycles. The Kier molecular flexibility index (Phi) is 5.34. The van der Waals surface area contributed by atoms with Crippen LogP contribution in [0.3, 0.4) is 0 Å². The lowest BCUT2D eigenvalue weighted by Crippen LogP contribution is -2.44. The van der Waals surface area contributed by atoms with Crippen molar-refractivity contribution in [3.8, 4) is 17.3 Å². The average Bonchev–Trinajstić information content (AvgIpc) is 3.46. The molecule has 4 heterocycles. The van der Waals surface area contributed by atoms with Crippen molar-refractivity contribution in [2.45, 2.75) is 37.5 Å². The molecule has 0 amide bonds. The van der Waals surface area contributed by atoms with Gasteiger partial charge in [-0.2, -0.15) is 18.4 Å². The Morgan fingerprint density at radius 1 is 1.15 bits per heavy atom. The van der Waals surface area contributed by atoms with E-state index in [9.17, 15) is 18.4 Å². The Morgan fingerprint density at radius 2 is 1.97 bits per heavy atom. The van der Waals surface area contributed by atoms with Gasteiger partial charge in [0.2, 0.25) is 0 Å². The van der Waals surface area contributed by atoms with Crippen molar-refractivity contribution in [2.75, 3.05) is 26.7 Å². The van der Waals surface area contributed by atoms with Gasteiger partial charge in [-0.25, -0.2) is 9.67 Å². The predicted molar refractivity (Wildman–Crippen MR) is 116 cm³/mol. The largest absolute Gasteiger partial charge is 0.416 e. The van der Waals surface area contributed by atoms with Crippen LogP contribution in [0, 0.1) is 11.3 Å². The summed E-state index contributed by atoms with van der Waals surface area (Å²) in [5, 5.41) is 17.2. The minimum atomic E-state index is -4.48. The van der Waals surface area contributed by atoms with Crippen LogP contribution in [0.1, 0.15) is 29.7 Å². The zero-order valence-electron chi connectivity index (χ0n) is 18.5. The lowest BCUT2D eigenvalue weighted by molar-refractivity contribution is -0.138. The van der Waals surface area contributed by atoms with Gasteiger partial charge in [0.25, 0.3) is 0 Å². The fourth-order valence-electron chi connectivity index (χ4n) is 5.17. The molecule has 7 nitrogen and oxygen atoms in total. The number of piperazine rings is 1. The quantitative estimate of drug-likeness (QED) is 0.588. The monoisotopic (exact) mass is 455 g/mol. The number of rotatable bonds is 5. The summed E-state index contributed by atoms with van der Waals surface area (Å²) in [6.07, 6.45) is -2.27. The third-order valence-electron chi connectivity index (χ3n) is 6.94. The molecular formula is C23H24F3N7. The van der Waals surface area contributed by atoms with Gasteiger partial charge in [0, 0.05) is 37.8 Å². The number of aromatic nitrogens is 4. The third kappa shape index (κ3) is 3.96. The van der Waals surface area contributed by atoms with E-state index in [-0.39, 0.29) is 11.3 Å². The van der Waals surface area contributed by atoms with Crippen LogP contribution in [0.15, 0.2) is 24.3 Å². The van der Waals surface area contributed by atoms with Crippen LogP contribution in [0.4, 0.5) is 13.2 Å². The highest BCUT2D eigenvalue weighted by atomic mass is 19.4. The van der Waals surface area contributed by atoms with Gasteiger partial charge in [-0.15, -0.1) is 5.10 Å². The van der Waals surface area contributed by atoms with Crippen molar-refractivity contribution < 1.29 is 13.2 Å². The lowest BCUT2D eigenvalue weighted by Gasteiger charge is -2.31. The molecule has 2 atom stereocenters. The van der Waals surface area contributed by atoms with Gasteiger partial charge in [0.1, 0.15) is 11.6 Å². The first kappa shape index (κ1) is 21.8. The number of likely N-dealkylation sites (tertiary alicyclic amines) is 2. The summed E-state index contributed by atoms with van der Waals surface area (Å²) in [5.41, 5.74) is 1.16. The van der Waals surface area contributed by atoms with Crippen LogP contribution >= 0.6 is 0 Å². The van der Waals surface area contributed by atoms with Gasteiger partial charge in [0.15, 0.2) is 5.69 Å². The third-order valence-corrected chi connectivity index (χ3v) is 6.94. The molecule has 2 aliphatic rings. The van der Waals surface area contributed by atoms with Gasteiger partial charge in [0.05, 0.1) is 16.8 Å². The molecular weight excluding hydrogens is 431 g/mol. The number of nitrogens with zero attached hydrogens (tertiary/aromatic N) is 7. The number of fused-ring (bicyclic) bond motifs is 3. The van der Waals surface area contributed by atoms with E-state index >= 15 is 0 Å². The summed E-state index contributed by atoms with van der Waals surface area (Å²) in [6, 6.07) is 9.02. The zero-order chi connectivity index (χ0) is 23.3. The number of hydrogen-bond acceptors (Lipinski definition) is 6. The van der Waals surface area contributed by atoms with Crippen molar-refractivity contribution in [2.24, 2.45) is 7.05 Å². The highest BCUT2D eigenvalue weighted by Gasteiger charge is 2.41. The number of hydrogen-bond donors (Lipinski definition) is 0. The number of likely N-dealkylation sites (N-methyl/N-ethyl adjacent to an activating group) is 1. The fourth-order valence-corrected chi connectivity index (χ4v) is 5.17. The molecule has 1 aromatic carbocycles. The highest BCUT2D eigenvalue weighted by molar-refractivity contribution is 5.83. The summed E-state index contributed by atoms with van der Waals surface area (Å²) < 4.78 is 43.3. The van der Waals surface area contributed by atoms with Crippen LogP contribution < -0.4 is 0 Å². The molecule has 2 bridgehead atoms. The summed E-state index contributed by atoms with van der Waals surface area (Å²) in [7, 11) is 3.80. The molecule has 5 rings (SSSR count). The molecule has 0 aliphatic carbocycles. The molecule has 0 saturated carbocycles. The number of pyridine rings is 1. The summed E-state index contributed by atoms with van der Waals surface area (Å²) in [5.74, 6) is 0. The van der Waals surface area contributed by atoms with Crippen molar-refractivity contribution >= 4 is 11.0 Å². The SMILES string of the molecule is CN1C[C@@H]2C[C@H]1CN2CCCc1ccc(-c2cc3c(nnn3C)c(C#N)n2)cc1C(F)(F)F. The van der Waals surface area contributed by atoms with E-state index < -0.39 is 11.7 Å². The standard InChI is InChI=1S/C23H24F3N7/c1-31-12-17-9-16(31)13-33(17)7-3-4-14-5-6-15(8-18(14)23(24,25)26)19-10-21-22(20(11-27)28-19)29-30-32(21)2/h5-6,8,10,16-17H,3-4,7,9,12-13H2,1-2H3/t16-,17-/m0/s1. The normalized spacial score (nSPS) is 21.2. The van der Waals surface area contributed by atoms with Crippen molar-refractivity contribution in [1.29, 1.82) is 5.26 Å².